The third-order valence-electron chi connectivity index (χ3n) is 5.09. The van der Waals surface area contributed by atoms with Crippen molar-refractivity contribution in [3.63, 3.8) is 0 Å². The highest BCUT2D eigenvalue weighted by atomic mass is 19.1. The molecule has 0 bridgehead atoms. The van der Waals surface area contributed by atoms with Gasteiger partial charge in [0.05, 0.1) is 5.52 Å². The van der Waals surface area contributed by atoms with Gasteiger partial charge in [-0.2, -0.15) is 0 Å². The molecule has 3 nitrogen and oxygen atoms in total. The summed E-state index contributed by atoms with van der Waals surface area (Å²) in [5.41, 5.74) is 2.76. The SMILES string of the molecule is O=C(/C=C\c1cccc2cccnc12)N1CCC[C@@H]1Cc1cccc(F)c1. The van der Waals surface area contributed by atoms with E-state index in [4.69, 9.17) is 0 Å². The highest BCUT2D eigenvalue weighted by molar-refractivity contribution is 5.95. The molecule has 1 aliphatic heterocycles. The minimum atomic E-state index is -0.230. The molecule has 136 valence electrons. The van der Waals surface area contributed by atoms with Gasteiger partial charge in [0.25, 0.3) is 0 Å². The first-order valence-electron chi connectivity index (χ1n) is 9.27. The summed E-state index contributed by atoms with van der Waals surface area (Å²) in [5, 5.41) is 1.05. The van der Waals surface area contributed by atoms with Gasteiger partial charge in [-0.1, -0.05) is 36.4 Å². The van der Waals surface area contributed by atoms with Crippen LogP contribution in [0.2, 0.25) is 0 Å². The Bertz CT molecular complexity index is 993. The molecular formula is C23H21FN2O. The highest BCUT2D eigenvalue weighted by Crippen LogP contribution is 2.23. The second kappa shape index (κ2) is 7.70. The number of aromatic nitrogens is 1. The lowest BCUT2D eigenvalue weighted by Crippen LogP contribution is -2.35. The average molecular weight is 360 g/mol. The van der Waals surface area contributed by atoms with Gasteiger partial charge in [0, 0.05) is 35.8 Å². The van der Waals surface area contributed by atoms with E-state index in [1.165, 1.54) is 6.07 Å². The molecule has 2 heterocycles. The predicted molar refractivity (Wildman–Crippen MR) is 106 cm³/mol. The van der Waals surface area contributed by atoms with Gasteiger partial charge in [-0.25, -0.2) is 4.39 Å². The summed E-state index contributed by atoms with van der Waals surface area (Å²) in [6.45, 7) is 0.747. The number of halogens is 1. The van der Waals surface area contributed by atoms with Crippen molar-refractivity contribution < 1.29 is 9.18 Å². The molecule has 0 saturated carbocycles. The van der Waals surface area contributed by atoms with Gasteiger partial charge >= 0.3 is 0 Å². The maximum Gasteiger partial charge on any atom is 0.246 e. The van der Waals surface area contributed by atoms with Gasteiger partial charge in [0.2, 0.25) is 5.91 Å². The fraction of sp³-hybridized carbons (Fsp3) is 0.217. The number of pyridine rings is 1. The van der Waals surface area contributed by atoms with Crippen molar-refractivity contribution in [2.75, 3.05) is 6.54 Å². The van der Waals surface area contributed by atoms with Crippen LogP contribution in [0.15, 0.2) is 66.9 Å². The van der Waals surface area contributed by atoms with E-state index in [0.29, 0.717) is 6.42 Å². The Morgan fingerprint density at radius 3 is 2.93 bits per heavy atom. The highest BCUT2D eigenvalue weighted by Gasteiger charge is 2.27. The molecule has 2 aromatic carbocycles. The smallest absolute Gasteiger partial charge is 0.246 e. The molecule has 1 aromatic heterocycles. The van der Waals surface area contributed by atoms with Crippen molar-refractivity contribution in [3.05, 3.63) is 83.8 Å². The molecule has 0 unspecified atom stereocenters. The van der Waals surface area contributed by atoms with Crippen LogP contribution < -0.4 is 0 Å². The Morgan fingerprint density at radius 2 is 2.04 bits per heavy atom. The molecule has 1 fully saturated rings. The summed E-state index contributed by atoms with van der Waals surface area (Å²) in [5.74, 6) is -0.228. The fourth-order valence-electron chi connectivity index (χ4n) is 3.79. The zero-order valence-electron chi connectivity index (χ0n) is 15.0. The van der Waals surface area contributed by atoms with E-state index in [2.05, 4.69) is 4.98 Å². The second-order valence-corrected chi connectivity index (χ2v) is 6.92. The summed E-state index contributed by atoms with van der Waals surface area (Å²) in [6, 6.07) is 16.6. The quantitative estimate of drug-likeness (QED) is 0.636. The molecule has 4 heteroatoms. The van der Waals surface area contributed by atoms with Crippen molar-refractivity contribution in [1.29, 1.82) is 0 Å². The number of likely N-dealkylation sites (tertiary alicyclic amines) is 1. The Hall–Kier alpha value is -3.01. The van der Waals surface area contributed by atoms with Crippen molar-refractivity contribution in [2.24, 2.45) is 0 Å². The lowest BCUT2D eigenvalue weighted by atomic mass is 10.0. The number of carbonyl (C=O) groups excluding carboxylic acids is 1. The van der Waals surface area contributed by atoms with Gasteiger partial charge in [0.1, 0.15) is 5.82 Å². The molecule has 0 aliphatic carbocycles. The van der Waals surface area contributed by atoms with Crippen LogP contribution >= 0.6 is 0 Å². The number of para-hydroxylation sites is 1. The van der Waals surface area contributed by atoms with Crippen LogP contribution in [0.25, 0.3) is 17.0 Å². The maximum atomic E-state index is 13.4. The van der Waals surface area contributed by atoms with Gasteiger partial charge in [0.15, 0.2) is 0 Å². The van der Waals surface area contributed by atoms with Crippen molar-refractivity contribution in [3.8, 4) is 0 Å². The molecule has 4 rings (SSSR count). The van der Waals surface area contributed by atoms with Crippen LogP contribution in [0.1, 0.15) is 24.0 Å². The van der Waals surface area contributed by atoms with Crippen molar-refractivity contribution in [2.45, 2.75) is 25.3 Å². The number of rotatable bonds is 4. The minimum absolute atomic E-state index is 0.00170. The van der Waals surface area contributed by atoms with E-state index in [1.54, 1.807) is 24.4 Å². The summed E-state index contributed by atoms with van der Waals surface area (Å²) in [7, 11) is 0. The molecule has 1 aliphatic rings. The van der Waals surface area contributed by atoms with Gasteiger partial charge < -0.3 is 4.90 Å². The second-order valence-electron chi connectivity index (χ2n) is 6.92. The molecule has 3 aromatic rings. The largest absolute Gasteiger partial charge is 0.336 e. The standard InChI is InChI=1S/C23H21FN2O/c24-20-9-1-5-17(15-20)16-21-10-4-14-26(21)22(27)12-11-19-7-2-6-18-8-3-13-25-23(18)19/h1-3,5-9,11-13,15,21H,4,10,14,16H2/b12-11-/t21-/m1/s1. The molecule has 0 N–H and O–H groups in total. The van der Waals surface area contributed by atoms with Gasteiger partial charge in [-0.3, -0.25) is 9.78 Å². The average Bonchev–Trinajstić information content (AvgIpc) is 3.14. The first-order valence-corrected chi connectivity index (χ1v) is 9.27. The molecule has 0 spiro atoms. The Kier molecular flexibility index (Phi) is 4.97. The fourth-order valence-corrected chi connectivity index (χ4v) is 3.79. The number of fused-ring (bicyclic) bond motifs is 1. The van der Waals surface area contributed by atoms with E-state index in [0.717, 1.165) is 41.4 Å². The molecule has 27 heavy (non-hydrogen) atoms. The van der Waals surface area contributed by atoms with Crippen LogP contribution in [-0.4, -0.2) is 28.4 Å². The van der Waals surface area contributed by atoms with Gasteiger partial charge in [-0.15, -0.1) is 0 Å². The molecule has 1 saturated heterocycles. The molecule has 1 atom stereocenters. The Morgan fingerprint density at radius 1 is 1.19 bits per heavy atom. The van der Waals surface area contributed by atoms with Crippen molar-refractivity contribution in [1.82, 2.24) is 9.88 Å². The summed E-state index contributed by atoms with van der Waals surface area (Å²) in [4.78, 5) is 19.1. The van der Waals surface area contributed by atoms with Crippen LogP contribution in [0.4, 0.5) is 4.39 Å². The number of carbonyl (C=O) groups is 1. The molecule has 0 radical (unpaired) electrons. The third kappa shape index (κ3) is 3.90. The van der Waals surface area contributed by atoms with E-state index in [1.807, 2.05) is 47.4 Å². The van der Waals surface area contributed by atoms with E-state index < -0.39 is 0 Å². The van der Waals surface area contributed by atoms with Gasteiger partial charge in [-0.05, 0) is 49.1 Å². The predicted octanol–water partition coefficient (Wildman–Crippen LogP) is 4.62. The van der Waals surface area contributed by atoms with Crippen LogP contribution in [0, 0.1) is 5.82 Å². The van der Waals surface area contributed by atoms with E-state index in [9.17, 15) is 9.18 Å². The number of amides is 1. The summed E-state index contributed by atoms with van der Waals surface area (Å²) < 4.78 is 13.4. The lowest BCUT2D eigenvalue weighted by molar-refractivity contribution is -0.126. The maximum absolute atomic E-state index is 13.4. The van der Waals surface area contributed by atoms with E-state index in [-0.39, 0.29) is 17.8 Å². The number of nitrogens with zero attached hydrogens (tertiary/aromatic N) is 2. The molecular weight excluding hydrogens is 339 g/mol. The Balaban J connectivity index is 1.50. The summed E-state index contributed by atoms with van der Waals surface area (Å²) in [6.07, 6.45) is 7.86. The number of benzene rings is 2. The van der Waals surface area contributed by atoms with Crippen LogP contribution in [0.3, 0.4) is 0 Å². The lowest BCUT2D eigenvalue weighted by Gasteiger charge is -2.23. The Labute approximate surface area is 158 Å². The topological polar surface area (TPSA) is 33.2 Å². The third-order valence-corrected chi connectivity index (χ3v) is 5.09. The monoisotopic (exact) mass is 360 g/mol. The van der Waals surface area contributed by atoms with Crippen LogP contribution in [0.5, 0.6) is 0 Å². The summed E-state index contributed by atoms with van der Waals surface area (Å²) >= 11 is 0. The first kappa shape index (κ1) is 17.4. The minimum Gasteiger partial charge on any atom is -0.336 e. The number of hydrogen-bond donors (Lipinski definition) is 0. The van der Waals surface area contributed by atoms with E-state index >= 15 is 0 Å². The van der Waals surface area contributed by atoms with Crippen molar-refractivity contribution >= 4 is 22.9 Å². The van der Waals surface area contributed by atoms with Crippen LogP contribution in [-0.2, 0) is 11.2 Å². The zero-order valence-corrected chi connectivity index (χ0v) is 15.0. The zero-order chi connectivity index (χ0) is 18.6. The normalized spacial score (nSPS) is 17.1. The number of hydrogen-bond acceptors (Lipinski definition) is 2. The molecule has 1 amide bonds. The first-order chi connectivity index (χ1) is 13.2.